The summed E-state index contributed by atoms with van der Waals surface area (Å²) in [4.78, 5) is 18.5. The summed E-state index contributed by atoms with van der Waals surface area (Å²) in [5.74, 6) is -0.718. The molecule has 2 rings (SSSR count). The molecule has 0 unspecified atom stereocenters. The van der Waals surface area contributed by atoms with Crippen molar-refractivity contribution < 1.29 is 13.9 Å². The minimum atomic E-state index is -0.511. The Kier molecular flexibility index (Phi) is 3.41. The zero-order valence-electron chi connectivity index (χ0n) is 10.2. The molecule has 0 saturated carbocycles. The summed E-state index contributed by atoms with van der Waals surface area (Å²) in [5, 5.41) is 0. The van der Waals surface area contributed by atoms with Gasteiger partial charge in [0.25, 0.3) is 0 Å². The molecule has 0 spiro atoms. The second-order valence-electron chi connectivity index (χ2n) is 3.79. The first-order valence-electron chi connectivity index (χ1n) is 5.61. The number of carbonyl (C=O) groups excluding carboxylic acids is 1. The monoisotopic (exact) mass is 248 g/mol. The number of H-pyrrole nitrogens is 1. The van der Waals surface area contributed by atoms with Crippen molar-refractivity contribution in [3.05, 3.63) is 41.6 Å². The summed E-state index contributed by atoms with van der Waals surface area (Å²) in [5.41, 5.74) is 1.88. The van der Waals surface area contributed by atoms with Gasteiger partial charge in [-0.1, -0.05) is 12.1 Å². The number of halogens is 1. The normalized spacial score (nSPS) is 10.4. The van der Waals surface area contributed by atoms with Gasteiger partial charge in [0.2, 0.25) is 5.82 Å². The summed E-state index contributed by atoms with van der Waals surface area (Å²) in [6, 6.07) is 6.07. The Morgan fingerprint density at radius 1 is 1.50 bits per heavy atom. The van der Waals surface area contributed by atoms with Crippen LogP contribution in [0.5, 0.6) is 0 Å². The van der Waals surface area contributed by atoms with Gasteiger partial charge in [0, 0.05) is 11.3 Å². The highest BCUT2D eigenvalue weighted by molar-refractivity contribution is 5.86. The first-order valence-corrected chi connectivity index (χ1v) is 5.61. The van der Waals surface area contributed by atoms with Gasteiger partial charge in [-0.2, -0.15) is 0 Å². The van der Waals surface area contributed by atoms with Crippen molar-refractivity contribution in [1.82, 2.24) is 9.97 Å². The molecule has 0 bridgehead atoms. The Morgan fingerprint density at radius 2 is 2.28 bits per heavy atom. The predicted molar refractivity (Wildman–Crippen MR) is 64.7 cm³/mol. The molecule has 0 aliphatic carbocycles. The second kappa shape index (κ2) is 5.00. The fraction of sp³-hybridized carbons (Fsp3) is 0.231. The number of aromatic nitrogens is 2. The Morgan fingerprint density at radius 3 is 2.94 bits per heavy atom. The van der Waals surface area contributed by atoms with Crippen LogP contribution in [-0.4, -0.2) is 22.5 Å². The van der Waals surface area contributed by atoms with Crippen LogP contribution in [0.25, 0.3) is 11.3 Å². The number of aromatic amines is 1. The number of ether oxygens (including phenoxy) is 1. The van der Waals surface area contributed by atoms with E-state index in [9.17, 15) is 9.18 Å². The summed E-state index contributed by atoms with van der Waals surface area (Å²) in [6.07, 6.45) is 0. The first kappa shape index (κ1) is 12.3. The highest BCUT2D eigenvalue weighted by atomic mass is 19.1. The molecule has 0 radical (unpaired) electrons. The van der Waals surface area contributed by atoms with Crippen LogP contribution >= 0.6 is 0 Å². The number of nitrogens with one attached hydrogen (secondary N) is 1. The lowest BCUT2D eigenvalue weighted by molar-refractivity contribution is 0.0513. The number of benzene rings is 1. The molecule has 0 amide bonds. The van der Waals surface area contributed by atoms with Crippen molar-refractivity contribution in [1.29, 1.82) is 0 Å². The third-order valence-corrected chi connectivity index (χ3v) is 2.45. The van der Waals surface area contributed by atoms with E-state index in [1.54, 1.807) is 26.0 Å². The van der Waals surface area contributed by atoms with E-state index in [-0.39, 0.29) is 18.2 Å². The number of carbonyl (C=O) groups is 1. The van der Waals surface area contributed by atoms with E-state index in [4.69, 9.17) is 4.74 Å². The van der Waals surface area contributed by atoms with Crippen LogP contribution in [0.1, 0.15) is 23.2 Å². The molecule has 5 heteroatoms. The number of nitrogens with zero attached hydrogens (tertiary/aromatic N) is 1. The number of aryl methyl sites for hydroxylation is 1. The van der Waals surface area contributed by atoms with Crippen LogP contribution in [0, 0.1) is 12.7 Å². The predicted octanol–water partition coefficient (Wildman–Crippen LogP) is 2.70. The zero-order valence-corrected chi connectivity index (χ0v) is 10.2. The minimum Gasteiger partial charge on any atom is -0.460 e. The third kappa shape index (κ3) is 2.40. The molecule has 0 aliphatic rings. The number of hydrogen-bond acceptors (Lipinski definition) is 3. The maximum Gasteiger partial charge on any atom is 0.374 e. The molecule has 1 N–H and O–H groups in total. The average Bonchev–Trinajstić information content (AvgIpc) is 2.72. The Balaban J connectivity index is 2.38. The summed E-state index contributed by atoms with van der Waals surface area (Å²) < 4.78 is 18.0. The molecule has 4 nitrogen and oxygen atoms in total. The fourth-order valence-corrected chi connectivity index (χ4v) is 1.67. The van der Waals surface area contributed by atoms with Gasteiger partial charge in [-0.05, 0) is 26.0 Å². The minimum absolute atomic E-state index is 0.133. The quantitative estimate of drug-likeness (QED) is 0.850. The van der Waals surface area contributed by atoms with Crippen molar-refractivity contribution in [2.24, 2.45) is 0 Å². The largest absolute Gasteiger partial charge is 0.460 e. The molecule has 0 saturated heterocycles. The summed E-state index contributed by atoms with van der Waals surface area (Å²) in [6.45, 7) is 3.78. The summed E-state index contributed by atoms with van der Waals surface area (Å²) in [7, 11) is 0. The maximum absolute atomic E-state index is 13.1. The second-order valence-corrected chi connectivity index (χ2v) is 3.79. The Bertz CT molecular complexity index is 578. The first-order chi connectivity index (χ1) is 8.61. The zero-order chi connectivity index (χ0) is 13.1. The number of esters is 1. The van der Waals surface area contributed by atoms with Crippen molar-refractivity contribution in [3.8, 4) is 11.3 Å². The van der Waals surface area contributed by atoms with Crippen LogP contribution in [-0.2, 0) is 4.74 Å². The van der Waals surface area contributed by atoms with Crippen molar-refractivity contribution >= 4 is 5.97 Å². The number of hydrogen-bond donors (Lipinski definition) is 1. The van der Waals surface area contributed by atoms with E-state index in [0.717, 1.165) is 0 Å². The molecule has 94 valence electrons. The van der Waals surface area contributed by atoms with E-state index in [2.05, 4.69) is 9.97 Å². The highest BCUT2D eigenvalue weighted by Gasteiger charge is 2.15. The molecule has 2 aromatic rings. The smallest absolute Gasteiger partial charge is 0.374 e. The van der Waals surface area contributed by atoms with Crippen LogP contribution in [0.15, 0.2) is 24.3 Å². The van der Waals surface area contributed by atoms with Gasteiger partial charge in [-0.15, -0.1) is 0 Å². The van der Waals surface area contributed by atoms with Gasteiger partial charge in [0.15, 0.2) is 0 Å². The lowest BCUT2D eigenvalue weighted by atomic mass is 10.1. The maximum atomic E-state index is 13.1. The molecule has 1 heterocycles. The van der Waals surface area contributed by atoms with Crippen molar-refractivity contribution in [2.75, 3.05) is 6.61 Å². The van der Waals surface area contributed by atoms with Crippen molar-refractivity contribution in [2.45, 2.75) is 13.8 Å². The highest BCUT2D eigenvalue weighted by Crippen LogP contribution is 2.22. The topological polar surface area (TPSA) is 55.0 Å². The van der Waals surface area contributed by atoms with Crippen LogP contribution in [0.2, 0.25) is 0 Å². The van der Waals surface area contributed by atoms with Gasteiger partial charge in [0.1, 0.15) is 5.82 Å². The van der Waals surface area contributed by atoms with Gasteiger partial charge in [0.05, 0.1) is 12.3 Å². The lowest BCUT2D eigenvalue weighted by Gasteiger charge is -1.98. The number of rotatable bonds is 3. The molecular formula is C13H13FN2O2. The molecular weight excluding hydrogens is 235 g/mol. The molecule has 0 fully saturated rings. The van der Waals surface area contributed by atoms with E-state index in [0.29, 0.717) is 17.0 Å². The van der Waals surface area contributed by atoms with Crippen LogP contribution in [0.4, 0.5) is 4.39 Å². The van der Waals surface area contributed by atoms with E-state index < -0.39 is 5.97 Å². The molecule has 1 aromatic heterocycles. The average molecular weight is 248 g/mol. The van der Waals surface area contributed by atoms with E-state index in [1.807, 2.05) is 0 Å². The van der Waals surface area contributed by atoms with Gasteiger partial charge in [-0.25, -0.2) is 14.2 Å². The van der Waals surface area contributed by atoms with E-state index in [1.165, 1.54) is 12.1 Å². The molecule has 0 atom stereocenters. The lowest BCUT2D eigenvalue weighted by Crippen LogP contribution is -2.06. The Hall–Kier alpha value is -2.17. The molecule has 18 heavy (non-hydrogen) atoms. The summed E-state index contributed by atoms with van der Waals surface area (Å²) >= 11 is 0. The fourth-order valence-electron chi connectivity index (χ4n) is 1.67. The van der Waals surface area contributed by atoms with Gasteiger partial charge in [-0.3, -0.25) is 0 Å². The molecule has 1 aromatic carbocycles. The molecule has 0 aliphatic heterocycles. The Labute approximate surface area is 104 Å². The third-order valence-electron chi connectivity index (χ3n) is 2.45. The van der Waals surface area contributed by atoms with Gasteiger partial charge >= 0.3 is 5.97 Å². The number of imidazole rings is 1. The van der Waals surface area contributed by atoms with E-state index >= 15 is 0 Å². The van der Waals surface area contributed by atoms with Gasteiger partial charge < -0.3 is 9.72 Å². The SMILES string of the molecule is CCOC(=O)c1nc(-c2cccc(F)c2)c(C)[nH]1. The van der Waals surface area contributed by atoms with Crippen LogP contribution in [0.3, 0.4) is 0 Å². The van der Waals surface area contributed by atoms with Crippen LogP contribution < -0.4 is 0 Å². The standard InChI is InChI=1S/C13H13FN2O2/c1-3-18-13(17)12-15-8(2)11(16-12)9-5-4-6-10(14)7-9/h4-7H,3H2,1-2H3,(H,15,16). The van der Waals surface area contributed by atoms with Crippen molar-refractivity contribution in [3.63, 3.8) is 0 Å².